The van der Waals surface area contributed by atoms with Gasteiger partial charge in [0.2, 0.25) is 11.8 Å². The highest BCUT2D eigenvalue weighted by molar-refractivity contribution is 5.87. The minimum atomic E-state index is -0.465. The van der Waals surface area contributed by atoms with E-state index in [2.05, 4.69) is 40.2 Å². The Hall–Kier alpha value is -1.94. The fourth-order valence-electron chi connectivity index (χ4n) is 3.53. The van der Waals surface area contributed by atoms with Crippen LogP contribution in [0.3, 0.4) is 0 Å². The van der Waals surface area contributed by atoms with Crippen LogP contribution in [0.4, 0.5) is 0 Å². The summed E-state index contributed by atoms with van der Waals surface area (Å²) in [6, 6.07) is -0.0772. The Morgan fingerprint density at radius 1 is 1.33 bits per heavy atom. The third-order valence-electron chi connectivity index (χ3n) is 5.35. The van der Waals surface area contributed by atoms with E-state index in [-0.39, 0.29) is 11.8 Å². The first-order chi connectivity index (χ1) is 12.8. The molecule has 0 bridgehead atoms. The molecule has 0 aromatic carbocycles. The van der Waals surface area contributed by atoms with Gasteiger partial charge in [0.15, 0.2) is 5.66 Å². The molecule has 1 fully saturated rings. The van der Waals surface area contributed by atoms with E-state index in [9.17, 15) is 9.59 Å². The minimum Gasteiger partial charge on any atom is -0.344 e. The predicted molar refractivity (Wildman–Crippen MR) is 105 cm³/mol. The number of nitrogens with zero attached hydrogens (tertiary/aromatic N) is 4. The molecule has 0 spiro atoms. The molecule has 2 heterocycles. The molecule has 0 aromatic heterocycles. The summed E-state index contributed by atoms with van der Waals surface area (Å²) in [5.41, 5.74) is -0.463. The van der Waals surface area contributed by atoms with E-state index >= 15 is 0 Å². The van der Waals surface area contributed by atoms with Crippen LogP contribution in [-0.4, -0.2) is 66.5 Å². The van der Waals surface area contributed by atoms with Crippen LogP contribution < -0.4 is 5.32 Å². The van der Waals surface area contributed by atoms with Gasteiger partial charge in [-0.3, -0.25) is 9.59 Å². The third kappa shape index (κ3) is 6.31. The number of hydrogen-bond donors (Lipinski definition) is 1. The minimum absolute atomic E-state index is 0.0317. The van der Waals surface area contributed by atoms with Crippen molar-refractivity contribution in [3.05, 3.63) is 0 Å². The number of nitrogens with one attached hydrogen (secondary N) is 1. The van der Waals surface area contributed by atoms with Gasteiger partial charge in [0, 0.05) is 44.8 Å². The lowest BCUT2D eigenvalue weighted by molar-refractivity contribution is -0.136. The summed E-state index contributed by atoms with van der Waals surface area (Å²) in [5, 5.41) is 11.1. The number of likely N-dealkylation sites (tertiary alicyclic amines) is 1. The van der Waals surface area contributed by atoms with Crippen molar-refractivity contribution < 1.29 is 9.59 Å². The number of amides is 2. The van der Waals surface area contributed by atoms with Crippen molar-refractivity contribution >= 4 is 11.8 Å². The second-order valence-electron chi connectivity index (χ2n) is 8.33. The summed E-state index contributed by atoms with van der Waals surface area (Å²) in [6.07, 6.45) is 9.06. The summed E-state index contributed by atoms with van der Waals surface area (Å²) in [4.78, 5) is 29.5. The zero-order valence-electron chi connectivity index (χ0n) is 17.1. The van der Waals surface area contributed by atoms with E-state index in [0.29, 0.717) is 44.1 Å². The molecule has 2 aliphatic rings. The first-order valence-corrected chi connectivity index (χ1v) is 9.88. The van der Waals surface area contributed by atoms with Crippen LogP contribution in [0.25, 0.3) is 0 Å². The summed E-state index contributed by atoms with van der Waals surface area (Å²) in [7, 11) is 4.08. The van der Waals surface area contributed by atoms with E-state index in [1.165, 1.54) is 0 Å². The van der Waals surface area contributed by atoms with Gasteiger partial charge in [-0.1, -0.05) is 13.8 Å². The lowest BCUT2D eigenvalue weighted by Gasteiger charge is -2.26. The molecule has 150 valence electrons. The summed E-state index contributed by atoms with van der Waals surface area (Å²) >= 11 is 0. The molecule has 0 saturated carbocycles. The number of hydrogen-bond acceptors (Lipinski definition) is 5. The summed E-state index contributed by atoms with van der Waals surface area (Å²) in [5.74, 6) is 2.83. The zero-order valence-corrected chi connectivity index (χ0v) is 17.1. The lowest BCUT2D eigenvalue weighted by Crippen LogP contribution is -2.49. The van der Waals surface area contributed by atoms with Crippen LogP contribution in [0.1, 0.15) is 52.4 Å². The Bertz CT molecular complexity index is 602. The van der Waals surface area contributed by atoms with Crippen LogP contribution in [0.15, 0.2) is 10.2 Å². The number of terminal acetylenes is 1. The van der Waals surface area contributed by atoms with E-state index in [1.807, 2.05) is 19.0 Å². The SMILES string of the molecule is C#CCCC1(CCC(=O)N[C@@H](CC(C)C)C(=O)N2CCC(N(C)C)C2)N=N1. The number of carbonyl (C=O) groups is 2. The molecule has 7 heteroatoms. The Balaban J connectivity index is 1.87. The van der Waals surface area contributed by atoms with Gasteiger partial charge in [-0.25, -0.2) is 0 Å². The zero-order chi connectivity index (χ0) is 20.0. The highest BCUT2D eigenvalue weighted by Crippen LogP contribution is 2.37. The van der Waals surface area contributed by atoms with Crippen LogP contribution >= 0.6 is 0 Å². The standard InChI is InChI=1S/C20H33N5O2/c1-6-7-10-20(22-23-20)11-8-18(26)21-17(13-15(2)3)19(27)25-12-9-16(14-25)24(4)5/h1,15-17H,7-14H2,2-5H3,(H,21,26)/t16?,17-/m0/s1. The molecule has 1 unspecified atom stereocenters. The van der Waals surface area contributed by atoms with Crippen molar-refractivity contribution in [2.75, 3.05) is 27.2 Å². The summed E-state index contributed by atoms with van der Waals surface area (Å²) in [6.45, 7) is 5.61. The van der Waals surface area contributed by atoms with Crippen molar-refractivity contribution in [3.63, 3.8) is 0 Å². The molecule has 27 heavy (non-hydrogen) atoms. The molecule has 2 aliphatic heterocycles. The fraction of sp³-hybridized carbons (Fsp3) is 0.800. The number of carbonyl (C=O) groups excluding carboxylic acids is 2. The van der Waals surface area contributed by atoms with Gasteiger partial charge in [0.25, 0.3) is 0 Å². The van der Waals surface area contributed by atoms with E-state index in [1.54, 1.807) is 0 Å². The van der Waals surface area contributed by atoms with Gasteiger partial charge >= 0.3 is 0 Å². The van der Waals surface area contributed by atoms with Crippen molar-refractivity contribution in [1.82, 2.24) is 15.1 Å². The molecule has 0 aromatic rings. The van der Waals surface area contributed by atoms with Crippen LogP contribution in [-0.2, 0) is 9.59 Å². The largest absolute Gasteiger partial charge is 0.344 e. The van der Waals surface area contributed by atoms with E-state index in [0.717, 1.165) is 19.5 Å². The maximum absolute atomic E-state index is 13.0. The molecule has 1 saturated heterocycles. The highest BCUT2D eigenvalue weighted by atomic mass is 16.2. The molecule has 0 aliphatic carbocycles. The Kier molecular flexibility index (Phi) is 7.37. The van der Waals surface area contributed by atoms with Gasteiger partial charge in [-0.2, -0.15) is 10.2 Å². The average molecular weight is 376 g/mol. The van der Waals surface area contributed by atoms with Gasteiger partial charge in [0.05, 0.1) is 0 Å². The molecule has 7 nitrogen and oxygen atoms in total. The van der Waals surface area contributed by atoms with Crippen LogP contribution in [0.5, 0.6) is 0 Å². The summed E-state index contributed by atoms with van der Waals surface area (Å²) < 4.78 is 0. The molecule has 2 atom stereocenters. The Labute approximate surface area is 163 Å². The highest BCUT2D eigenvalue weighted by Gasteiger charge is 2.39. The van der Waals surface area contributed by atoms with Gasteiger partial charge < -0.3 is 15.1 Å². The van der Waals surface area contributed by atoms with E-state index < -0.39 is 11.7 Å². The van der Waals surface area contributed by atoms with Crippen molar-refractivity contribution in [3.8, 4) is 12.3 Å². The maximum atomic E-state index is 13.0. The van der Waals surface area contributed by atoms with Gasteiger partial charge in [-0.05, 0) is 32.9 Å². The van der Waals surface area contributed by atoms with Gasteiger partial charge in [0.1, 0.15) is 6.04 Å². The Morgan fingerprint density at radius 2 is 2.04 bits per heavy atom. The van der Waals surface area contributed by atoms with Crippen molar-refractivity contribution in [1.29, 1.82) is 0 Å². The second-order valence-corrected chi connectivity index (χ2v) is 8.33. The van der Waals surface area contributed by atoms with Crippen molar-refractivity contribution in [2.45, 2.75) is 70.1 Å². The lowest BCUT2D eigenvalue weighted by atomic mass is 10.0. The first-order valence-electron chi connectivity index (χ1n) is 9.88. The second kappa shape index (κ2) is 9.32. The molecular formula is C20H33N5O2. The predicted octanol–water partition coefficient (Wildman–Crippen LogP) is 2.04. The first kappa shape index (κ1) is 21.4. The quantitative estimate of drug-likeness (QED) is 0.594. The topological polar surface area (TPSA) is 77.4 Å². The van der Waals surface area contributed by atoms with E-state index in [4.69, 9.17) is 6.42 Å². The fourth-order valence-corrected chi connectivity index (χ4v) is 3.53. The van der Waals surface area contributed by atoms with Crippen LogP contribution in [0.2, 0.25) is 0 Å². The molecule has 1 N–H and O–H groups in total. The van der Waals surface area contributed by atoms with Crippen molar-refractivity contribution in [2.24, 2.45) is 16.1 Å². The third-order valence-corrected chi connectivity index (χ3v) is 5.35. The Morgan fingerprint density at radius 3 is 2.56 bits per heavy atom. The molecule has 0 radical (unpaired) electrons. The molecule has 2 rings (SSSR count). The molecular weight excluding hydrogens is 342 g/mol. The average Bonchev–Trinajstić information content (AvgIpc) is 3.20. The normalized spacial score (nSPS) is 21.4. The van der Waals surface area contributed by atoms with Gasteiger partial charge in [-0.15, -0.1) is 12.3 Å². The number of rotatable bonds is 10. The maximum Gasteiger partial charge on any atom is 0.245 e. The monoisotopic (exact) mass is 375 g/mol. The molecule has 2 amide bonds. The van der Waals surface area contributed by atoms with Crippen LogP contribution in [0, 0.1) is 18.3 Å². The number of likely N-dealkylation sites (N-methyl/N-ethyl adjacent to an activating group) is 1. The smallest absolute Gasteiger partial charge is 0.245 e.